The highest BCUT2D eigenvalue weighted by Crippen LogP contribution is 2.32. The van der Waals surface area contributed by atoms with Crippen molar-refractivity contribution in [1.82, 2.24) is 19.9 Å². The molecule has 0 aliphatic rings. The molecule has 0 aliphatic heterocycles. The van der Waals surface area contributed by atoms with Crippen molar-refractivity contribution in [3.05, 3.63) is 18.5 Å². The molecule has 0 saturated heterocycles. The Morgan fingerprint density at radius 3 is 2.58 bits per heavy atom. The highest BCUT2D eigenvalue weighted by Gasteiger charge is 2.16. The van der Waals surface area contributed by atoms with Gasteiger partial charge < -0.3 is 20.3 Å². The predicted octanol–water partition coefficient (Wildman–Crippen LogP) is 0.0520. The van der Waals surface area contributed by atoms with Crippen LogP contribution in [0.1, 0.15) is 0 Å². The topological polar surface area (TPSA) is 113 Å². The van der Waals surface area contributed by atoms with Gasteiger partial charge in [-0.15, -0.1) is 0 Å². The quantitative estimate of drug-likeness (QED) is 0.693. The lowest BCUT2D eigenvalue weighted by molar-refractivity contribution is 0.192. The number of aromatic nitrogens is 4. The largest absolute Gasteiger partial charge is 0.501 e. The second kappa shape index (κ2) is 5.91. The maximum atomic E-state index is 9.85. The Hall–Kier alpha value is -2.48. The van der Waals surface area contributed by atoms with E-state index in [4.69, 9.17) is 9.84 Å². The molecule has 0 fully saturated rings. The van der Waals surface area contributed by atoms with Gasteiger partial charge in [-0.1, -0.05) is 0 Å². The van der Waals surface area contributed by atoms with Crippen LogP contribution >= 0.6 is 0 Å². The van der Waals surface area contributed by atoms with Crippen molar-refractivity contribution >= 4 is 5.82 Å². The van der Waals surface area contributed by atoms with Crippen LogP contribution in [-0.2, 0) is 0 Å². The van der Waals surface area contributed by atoms with Gasteiger partial charge in [0.05, 0.1) is 6.61 Å². The molecule has 0 saturated carbocycles. The van der Waals surface area contributed by atoms with Crippen LogP contribution in [-0.4, -0.2) is 50.4 Å². The van der Waals surface area contributed by atoms with E-state index in [0.29, 0.717) is 5.82 Å². The van der Waals surface area contributed by atoms with Gasteiger partial charge in [-0.25, -0.2) is 15.0 Å². The van der Waals surface area contributed by atoms with Gasteiger partial charge in [0.2, 0.25) is 11.6 Å². The van der Waals surface area contributed by atoms with Gasteiger partial charge in [0, 0.05) is 19.4 Å². The zero-order valence-corrected chi connectivity index (χ0v) is 10.2. The SMILES string of the molecule is CNc1nc(-c2ncccn2)nc(OCCO)c1O. The molecule has 0 amide bonds. The number of aliphatic hydroxyl groups excluding tert-OH is 1. The molecule has 0 unspecified atom stereocenters. The lowest BCUT2D eigenvalue weighted by atomic mass is 10.4. The van der Waals surface area contributed by atoms with Gasteiger partial charge >= 0.3 is 0 Å². The van der Waals surface area contributed by atoms with Crippen LogP contribution in [0.25, 0.3) is 11.6 Å². The number of rotatable bonds is 5. The molecule has 2 heterocycles. The Kier molecular flexibility index (Phi) is 4.04. The maximum absolute atomic E-state index is 9.85. The predicted molar refractivity (Wildman–Crippen MR) is 66.9 cm³/mol. The Bertz CT molecular complexity index is 550. The average molecular weight is 263 g/mol. The molecule has 0 atom stereocenters. The number of anilines is 1. The Morgan fingerprint density at radius 2 is 1.95 bits per heavy atom. The molecule has 0 aliphatic carbocycles. The van der Waals surface area contributed by atoms with Crippen molar-refractivity contribution in [2.75, 3.05) is 25.6 Å². The van der Waals surface area contributed by atoms with Crippen LogP contribution < -0.4 is 10.1 Å². The Balaban J connectivity index is 2.45. The third-order valence-corrected chi connectivity index (χ3v) is 2.18. The van der Waals surface area contributed by atoms with Crippen LogP contribution in [0.3, 0.4) is 0 Å². The first kappa shape index (κ1) is 13.0. The molecule has 2 aromatic rings. The molecule has 8 heteroatoms. The normalized spacial score (nSPS) is 10.2. The van der Waals surface area contributed by atoms with E-state index in [1.165, 1.54) is 0 Å². The fourth-order valence-electron chi connectivity index (χ4n) is 1.37. The van der Waals surface area contributed by atoms with E-state index in [1.54, 1.807) is 25.5 Å². The van der Waals surface area contributed by atoms with E-state index in [-0.39, 0.29) is 36.5 Å². The molecule has 0 bridgehead atoms. The number of nitrogens with one attached hydrogen (secondary N) is 1. The van der Waals surface area contributed by atoms with Crippen LogP contribution in [0, 0.1) is 0 Å². The summed E-state index contributed by atoms with van der Waals surface area (Å²) in [5.41, 5.74) is 0. The monoisotopic (exact) mass is 263 g/mol. The molecule has 0 spiro atoms. The van der Waals surface area contributed by atoms with E-state index >= 15 is 0 Å². The summed E-state index contributed by atoms with van der Waals surface area (Å²) in [6, 6.07) is 1.67. The minimum absolute atomic E-state index is 0.0167. The number of ether oxygens (including phenoxy) is 1. The van der Waals surface area contributed by atoms with Crippen molar-refractivity contribution in [3.8, 4) is 23.3 Å². The molecular formula is C11H13N5O3. The first-order chi connectivity index (χ1) is 9.26. The van der Waals surface area contributed by atoms with E-state index in [2.05, 4.69) is 25.3 Å². The summed E-state index contributed by atoms with van der Waals surface area (Å²) in [5, 5.41) is 21.3. The number of nitrogens with zero attached hydrogens (tertiary/aromatic N) is 4. The summed E-state index contributed by atoms with van der Waals surface area (Å²) in [5.74, 6) is 0.473. The highest BCUT2D eigenvalue weighted by atomic mass is 16.5. The van der Waals surface area contributed by atoms with E-state index in [1.807, 2.05) is 0 Å². The van der Waals surface area contributed by atoms with Crippen molar-refractivity contribution in [2.24, 2.45) is 0 Å². The minimum atomic E-state index is -0.226. The fourth-order valence-corrected chi connectivity index (χ4v) is 1.37. The summed E-state index contributed by atoms with van der Waals surface area (Å²) < 4.78 is 5.14. The van der Waals surface area contributed by atoms with Gasteiger partial charge in [-0.3, -0.25) is 0 Å². The second-order valence-electron chi connectivity index (χ2n) is 3.44. The average Bonchev–Trinajstić information content (AvgIpc) is 2.47. The van der Waals surface area contributed by atoms with E-state index in [9.17, 15) is 5.11 Å². The van der Waals surface area contributed by atoms with Crippen molar-refractivity contribution in [3.63, 3.8) is 0 Å². The van der Waals surface area contributed by atoms with E-state index < -0.39 is 0 Å². The van der Waals surface area contributed by atoms with Gasteiger partial charge in [-0.05, 0) is 6.07 Å². The van der Waals surface area contributed by atoms with Gasteiger partial charge in [0.25, 0.3) is 5.88 Å². The molecule has 8 nitrogen and oxygen atoms in total. The number of aromatic hydroxyl groups is 1. The molecule has 100 valence electrons. The van der Waals surface area contributed by atoms with Crippen LogP contribution in [0.2, 0.25) is 0 Å². The lowest BCUT2D eigenvalue weighted by Gasteiger charge is -2.10. The summed E-state index contributed by atoms with van der Waals surface area (Å²) in [6.07, 6.45) is 3.12. The summed E-state index contributed by atoms with van der Waals surface area (Å²) in [4.78, 5) is 16.2. The van der Waals surface area contributed by atoms with Gasteiger partial charge in [0.1, 0.15) is 6.61 Å². The molecule has 19 heavy (non-hydrogen) atoms. The molecule has 2 aromatic heterocycles. The smallest absolute Gasteiger partial charge is 0.263 e. The zero-order chi connectivity index (χ0) is 13.7. The van der Waals surface area contributed by atoms with Crippen molar-refractivity contribution in [2.45, 2.75) is 0 Å². The summed E-state index contributed by atoms with van der Waals surface area (Å²) >= 11 is 0. The van der Waals surface area contributed by atoms with Crippen molar-refractivity contribution in [1.29, 1.82) is 0 Å². The Morgan fingerprint density at radius 1 is 1.21 bits per heavy atom. The third-order valence-electron chi connectivity index (χ3n) is 2.18. The van der Waals surface area contributed by atoms with Crippen molar-refractivity contribution < 1.29 is 14.9 Å². The van der Waals surface area contributed by atoms with Crippen LogP contribution in [0.4, 0.5) is 5.82 Å². The molecule has 0 radical (unpaired) electrons. The number of aliphatic hydroxyl groups is 1. The molecule has 0 aromatic carbocycles. The van der Waals surface area contributed by atoms with Gasteiger partial charge in [0.15, 0.2) is 11.6 Å². The lowest BCUT2D eigenvalue weighted by Crippen LogP contribution is -2.07. The third kappa shape index (κ3) is 2.86. The molecule has 3 N–H and O–H groups in total. The maximum Gasteiger partial charge on any atom is 0.263 e. The van der Waals surface area contributed by atoms with Crippen LogP contribution in [0.15, 0.2) is 18.5 Å². The van der Waals surface area contributed by atoms with Crippen LogP contribution in [0.5, 0.6) is 11.6 Å². The highest BCUT2D eigenvalue weighted by molar-refractivity contribution is 5.59. The first-order valence-corrected chi connectivity index (χ1v) is 5.56. The summed E-state index contributed by atoms with van der Waals surface area (Å²) in [7, 11) is 1.60. The zero-order valence-electron chi connectivity index (χ0n) is 10.2. The minimum Gasteiger partial charge on any atom is -0.501 e. The number of hydrogen-bond acceptors (Lipinski definition) is 8. The van der Waals surface area contributed by atoms with Gasteiger partial charge in [-0.2, -0.15) is 4.98 Å². The Labute approximate surface area is 109 Å². The first-order valence-electron chi connectivity index (χ1n) is 5.56. The molecular weight excluding hydrogens is 250 g/mol. The van der Waals surface area contributed by atoms with E-state index in [0.717, 1.165) is 0 Å². The second-order valence-corrected chi connectivity index (χ2v) is 3.44. The summed E-state index contributed by atoms with van der Waals surface area (Å²) in [6.45, 7) is -0.168. The molecule has 2 rings (SSSR count). The standard InChI is InChI=1S/C11H13N5O3/c1-12-8-7(18)11(19-6-5-17)16-10(15-8)9-13-3-2-4-14-9/h2-4,17-18H,5-6H2,1H3,(H,12,15,16). The number of hydrogen-bond donors (Lipinski definition) is 3. The fraction of sp³-hybridized carbons (Fsp3) is 0.273.